The van der Waals surface area contributed by atoms with Crippen molar-refractivity contribution in [1.82, 2.24) is 39.5 Å². The third kappa shape index (κ3) is 8.29. The van der Waals surface area contributed by atoms with Crippen LogP contribution in [0.4, 0.5) is 9.59 Å². The first-order valence-corrected chi connectivity index (χ1v) is 19.5. The quantitative estimate of drug-likeness (QED) is 0.138. The second-order valence-electron chi connectivity index (χ2n) is 15.7. The number of benzene rings is 2. The zero-order valence-corrected chi connectivity index (χ0v) is 33.4. The summed E-state index contributed by atoms with van der Waals surface area (Å²) in [5, 5.41) is 9.40. The van der Waals surface area contributed by atoms with Crippen molar-refractivity contribution in [2.75, 3.05) is 40.8 Å². The van der Waals surface area contributed by atoms with Crippen molar-refractivity contribution in [2.45, 2.75) is 71.5 Å². The highest BCUT2D eigenvalue weighted by Crippen LogP contribution is 2.36. The van der Waals surface area contributed by atoms with Crippen LogP contribution in [0.3, 0.4) is 0 Å². The fourth-order valence-electron chi connectivity index (χ4n) is 8.11. The van der Waals surface area contributed by atoms with Crippen molar-refractivity contribution in [3.63, 3.8) is 0 Å². The zero-order chi connectivity index (χ0) is 40.3. The van der Waals surface area contributed by atoms with Gasteiger partial charge < -0.3 is 34.5 Å². The molecule has 298 valence electrons. The highest BCUT2D eigenvalue weighted by molar-refractivity contribution is 5.86. The maximum atomic E-state index is 13.8. The van der Waals surface area contributed by atoms with E-state index in [4.69, 9.17) is 9.72 Å². The van der Waals surface area contributed by atoms with Gasteiger partial charge in [-0.15, -0.1) is 0 Å². The van der Waals surface area contributed by atoms with Crippen molar-refractivity contribution in [3.05, 3.63) is 72.6 Å². The Bertz CT molecular complexity index is 2010. The van der Waals surface area contributed by atoms with E-state index in [1.165, 1.54) is 24.0 Å². The molecule has 4 atom stereocenters. The molecule has 2 aliphatic rings. The minimum Gasteiger partial charge on any atom is -0.465 e. The Morgan fingerprint density at radius 2 is 1.20 bits per heavy atom. The predicted octanol–water partition coefficient (Wildman–Crippen LogP) is 7.07. The third-order valence-corrected chi connectivity index (χ3v) is 11.3. The van der Waals surface area contributed by atoms with Gasteiger partial charge in [-0.3, -0.25) is 14.5 Å². The maximum absolute atomic E-state index is 13.8. The number of nitrogens with one attached hydrogen (secondary N) is 2. The molecule has 2 aromatic carbocycles. The Morgan fingerprint density at radius 1 is 0.750 bits per heavy atom. The molecule has 56 heavy (non-hydrogen) atoms. The number of aromatic amines is 2. The molecule has 0 spiro atoms. The fourth-order valence-corrected chi connectivity index (χ4v) is 8.11. The molecule has 0 unspecified atom stereocenters. The Labute approximate surface area is 328 Å². The van der Waals surface area contributed by atoms with Gasteiger partial charge in [0.15, 0.2) is 0 Å². The number of likely N-dealkylation sites (N-methyl/N-ethyl adjacent to an activating group) is 1. The molecule has 0 bridgehead atoms. The number of rotatable bonds is 12. The molecule has 4 heterocycles. The largest absolute Gasteiger partial charge is 0.465 e. The average molecular weight is 767 g/mol. The Hall–Kier alpha value is -5.66. The van der Waals surface area contributed by atoms with Crippen LogP contribution in [0.2, 0.25) is 0 Å². The van der Waals surface area contributed by atoms with Gasteiger partial charge in [0.1, 0.15) is 17.7 Å². The molecule has 3 N–H and O–H groups in total. The minimum absolute atomic E-state index is 0.00924. The van der Waals surface area contributed by atoms with Gasteiger partial charge in [-0.1, -0.05) is 76.2 Å². The number of hydrogen-bond donors (Lipinski definition) is 3. The van der Waals surface area contributed by atoms with Gasteiger partial charge in [-0.25, -0.2) is 19.6 Å². The number of likely N-dealkylation sites (tertiary alicyclic amines) is 2. The maximum Gasteiger partial charge on any atom is 0.409 e. The van der Waals surface area contributed by atoms with Crippen molar-refractivity contribution in [2.24, 2.45) is 17.8 Å². The van der Waals surface area contributed by atoms with Gasteiger partial charge in [-0.05, 0) is 59.8 Å². The first-order chi connectivity index (χ1) is 26.8. The monoisotopic (exact) mass is 766 g/mol. The lowest BCUT2D eigenvalue weighted by molar-refractivity contribution is -0.139. The van der Waals surface area contributed by atoms with Gasteiger partial charge >= 0.3 is 12.2 Å². The van der Waals surface area contributed by atoms with Crippen molar-refractivity contribution >= 4 is 24.0 Å². The summed E-state index contributed by atoms with van der Waals surface area (Å²) in [6.45, 7) is 9.14. The Kier molecular flexibility index (Phi) is 12.2. The number of ether oxygens (including phenoxy) is 1. The van der Waals surface area contributed by atoms with Crippen LogP contribution in [0.5, 0.6) is 0 Å². The molecule has 2 saturated heterocycles. The fraction of sp³-hybridized carbons (Fsp3) is 0.476. The van der Waals surface area contributed by atoms with Gasteiger partial charge in [0.25, 0.3) is 0 Å². The van der Waals surface area contributed by atoms with Crippen LogP contribution < -0.4 is 0 Å². The Balaban J connectivity index is 1.11. The molecule has 0 radical (unpaired) electrons. The highest BCUT2D eigenvalue weighted by atomic mass is 16.5. The SMILES string of the molecule is COC(=O)N(C)[C@H](C(=O)N1CCC[C@H]1c1ncc(-c2ccc(-c3ccc(-c4cnc([C@@H]5CCCN5C(=O)[C@H](CN(C)C(=O)O)C(C)C)[nH]4)cc3)cc2)[nH]1)C(C)C. The van der Waals surface area contributed by atoms with Crippen LogP contribution in [0.15, 0.2) is 60.9 Å². The van der Waals surface area contributed by atoms with Crippen LogP contribution in [0.25, 0.3) is 33.6 Å². The number of carbonyl (C=O) groups is 4. The molecule has 4 aromatic rings. The summed E-state index contributed by atoms with van der Waals surface area (Å²) in [5.74, 6) is 0.785. The van der Waals surface area contributed by atoms with Crippen molar-refractivity contribution < 1.29 is 29.0 Å². The lowest BCUT2D eigenvalue weighted by Crippen LogP contribution is -2.51. The topological polar surface area (TPSA) is 168 Å². The van der Waals surface area contributed by atoms with E-state index in [9.17, 15) is 24.3 Å². The molecule has 14 nitrogen and oxygen atoms in total. The molecule has 6 rings (SSSR count). The average Bonchev–Trinajstić information content (AvgIpc) is 4.03. The van der Waals surface area contributed by atoms with Crippen LogP contribution in [-0.4, -0.2) is 116 Å². The summed E-state index contributed by atoms with van der Waals surface area (Å²) in [6.07, 6.45) is 5.31. The number of hydrogen-bond acceptors (Lipinski definition) is 7. The molecular weight excluding hydrogens is 713 g/mol. The second-order valence-corrected chi connectivity index (χ2v) is 15.7. The molecule has 4 amide bonds. The lowest BCUT2D eigenvalue weighted by Gasteiger charge is -2.34. The van der Waals surface area contributed by atoms with Gasteiger partial charge in [0.05, 0.1) is 48.9 Å². The lowest BCUT2D eigenvalue weighted by atomic mass is 9.93. The first kappa shape index (κ1) is 40.0. The number of methoxy groups -OCH3 is 1. The van der Waals surface area contributed by atoms with E-state index < -0.39 is 24.1 Å². The number of aromatic nitrogens is 4. The standard InChI is InChI=1S/C42H54N8O6/c1-25(2)31(24-47(5)41(53)54)39(51)49-20-8-10-34(49)37-43-22-32(45-37)29-16-12-27(13-17-29)28-14-18-30(19-15-28)33-23-44-38(46-33)35-11-9-21-50(35)40(52)36(26(3)4)48(6)42(55)56-7/h12-19,22-23,25-26,31,34-36H,8-11,20-21,24H2,1-7H3,(H,43,45)(H,44,46)(H,53,54)/t31-,34+,35+,36+/m1/s1. The van der Waals surface area contributed by atoms with Gasteiger partial charge in [0, 0.05) is 33.7 Å². The summed E-state index contributed by atoms with van der Waals surface area (Å²) in [5.41, 5.74) is 5.78. The minimum atomic E-state index is -1.05. The molecule has 0 aliphatic carbocycles. The van der Waals surface area contributed by atoms with Crippen LogP contribution >= 0.6 is 0 Å². The molecular formula is C42H54N8O6. The summed E-state index contributed by atoms with van der Waals surface area (Å²) in [7, 11) is 4.42. The summed E-state index contributed by atoms with van der Waals surface area (Å²) in [6, 6.07) is 15.5. The van der Waals surface area contributed by atoms with E-state index in [0.29, 0.717) is 13.1 Å². The van der Waals surface area contributed by atoms with Gasteiger partial charge in [-0.2, -0.15) is 0 Å². The molecule has 2 fully saturated rings. The summed E-state index contributed by atoms with van der Waals surface area (Å²) in [4.78, 5) is 73.8. The number of nitrogens with zero attached hydrogens (tertiary/aromatic N) is 6. The number of imidazole rings is 2. The van der Waals surface area contributed by atoms with Crippen LogP contribution in [0, 0.1) is 17.8 Å². The highest BCUT2D eigenvalue weighted by Gasteiger charge is 2.40. The third-order valence-electron chi connectivity index (χ3n) is 11.3. The second kappa shape index (κ2) is 17.0. The molecule has 2 aliphatic heterocycles. The summed E-state index contributed by atoms with van der Waals surface area (Å²) >= 11 is 0. The number of carboxylic acid groups (broad SMARTS) is 1. The molecule has 14 heteroatoms. The predicted molar refractivity (Wildman–Crippen MR) is 212 cm³/mol. The van der Waals surface area contributed by atoms with Crippen LogP contribution in [-0.2, 0) is 14.3 Å². The van der Waals surface area contributed by atoms with E-state index in [-0.39, 0.29) is 42.3 Å². The van der Waals surface area contributed by atoms with E-state index in [1.54, 1.807) is 19.4 Å². The van der Waals surface area contributed by atoms with Gasteiger partial charge in [0.2, 0.25) is 11.8 Å². The van der Waals surface area contributed by atoms with Crippen LogP contribution in [0.1, 0.15) is 77.1 Å². The van der Waals surface area contributed by atoms with E-state index in [0.717, 1.165) is 71.0 Å². The van der Waals surface area contributed by atoms with Crippen molar-refractivity contribution in [1.29, 1.82) is 0 Å². The molecule has 0 saturated carbocycles. The number of amides is 4. The van der Waals surface area contributed by atoms with Crippen molar-refractivity contribution in [3.8, 4) is 33.6 Å². The van der Waals surface area contributed by atoms with E-state index in [2.05, 4.69) is 63.5 Å². The smallest absolute Gasteiger partial charge is 0.409 e. The zero-order valence-electron chi connectivity index (χ0n) is 33.4. The summed E-state index contributed by atoms with van der Waals surface area (Å²) < 4.78 is 4.90. The Morgan fingerprint density at radius 3 is 1.61 bits per heavy atom. The van der Waals surface area contributed by atoms with E-state index in [1.807, 2.05) is 37.5 Å². The van der Waals surface area contributed by atoms with E-state index >= 15 is 0 Å². The molecule has 2 aromatic heterocycles. The number of carbonyl (C=O) groups excluding carboxylic acids is 3. The normalized spacial score (nSPS) is 18.0. The number of H-pyrrole nitrogens is 2. The first-order valence-electron chi connectivity index (χ1n) is 19.5.